The Bertz CT molecular complexity index is 1380. The summed E-state index contributed by atoms with van der Waals surface area (Å²) in [6, 6.07) is 9.89. The molecule has 0 spiro atoms. The highest BCUT2D eigenvalue weighted by Gasteiger charge is 2.19. The maximum absolute atomic E-state index is 12.6. The Morgan fingerprint density at radius 1 is 1.09 bits per heavy atom. The Labute approximate surface area is 195 Å². The van der Waals surface area contributed by atoms with E-state index in [2.05, 4.69) is 28.7 Å². The summed E-state index contributed by atoms with van der Waals surface area (Å²) >= 11 is 1.49. The van der Waals surface area contributed by atoms with E-state index in [1.54, 1.807) is 4.57 Å². The minimum absolute atomic E-state index is 0.408. The van der Waals surface area contributed by atoms with Gasteiger partial charge in [-0.2, -0.15) is 0 Å². The zero-order chi connectivity index (χ0) is 23.4. The fourth-order valence-electron chi connectivity index (χ4n) is 3.81. The second-order valence-corrected chi connectivity index (χ2v) is 8.51. The number of fused-ring (bicyclic) bond motifs is 1. The van der Waals surface area contributed by atoms with Crippen LogP contribution in [0.1, 0.15) is 32.5 Å². The molecule has 9 nitrogen and oxygen atoms in total. The van der Waals surface area contributed by atoms with E-state index < -0.39 is 11.2 Å². The Balaban J connectivity index is 1.71. The second kappa shape index (κ2) is 10.0. The molecule has 0 saturated carbocycles. The van der Waals surface area contributed by atoms with E-state index in [0.29, 0.717) is 42.4 Å². The van der Waals surface area contributed by atoms with Crippen molar-refractivity contribution in [1.82, 2.24) is 33.9 Å². The second-order valence-electron chi connectivity index (χ2n) is 7.57. The molecule has 0 aliphatic heterocycles. The number of imidazole rings is 1. The third kappa shape index (κ3) is 4.43. The van der Waals surface area contributed by atoms with Crippen molar-refractivity contribution in [3.05, 3.63) is 69.6 Å². The normalized spacial score (nSPS) is 11.3. The maximum atomic E-state index is 12.6. The molecule has 172 valence electrons. The van der Waals surface area contributed by atoms with Gasteiger partial charge in [-0.15, -0.1) is 16.8 Å². The molecule has 3 heterocycles. The number of unbranched alkanes of at least 4 members (excludes halogenated alkanes) is 1. The van der Waals surface area contributed by atoms with Crippen LogP contribution in [0.3, 0.4) is 0 Å². The molecule has 1 aromatic carbocycles. The summed E-state index contributed by atoms with van der Waals surface area (Å²) < 4.78 is 5.44. The predicted octanol–water partition coefficient (Wildman–Crippen LogP) is 3.44. The van der Waals surface area contributed by atoms with E-state index in [1.807, 2.05) is 52.5 Å². The van der Waals surface area contributed by atoms with Gasteiger partial charge in [-0.3, -0.25) is 18.9 Å². The highest BCUT2D eigenvalue weighted by Crippen LogP contribution is 2.27. The lowest BCUT2D eigenvalue weighted by atomic mass is 10.2. The van der Waals surface area contributed by atoms with Crippen molar-refractivity contribution >= 4 is 22.9 Å². The number of H-pyrrole nitrogens is 1. The zero-order valence-electron chi connectivity index (χ0n) is 18.8. The van der Waals surface area contributed by atoms with Crippen LogP contribution in [0.2, 0.25) is 0 Å². The van der Waals surface area contributed by atoms with Crippen molar-refractivity contribution in [2.24, 2.45) is 0 Å². The number of aromatic nitrogens is 7. The van der Waals surface area contributed by atoms with Gasteiger partial charge in [0, 0.05) is 25.2 Å². The van der Waals surface area contributed by atoms with Gasteiger partial charge in [0.05, 0.1) is 5.75 Å². The number of hydrogen-bond acceptors (Lipinski definition) is 6. The standard InChI is InChI=1S/C23H27N7O2S/c1-4-7-14-29-20-18(21(31)25-22(29)32)28(6-3)17(24-20)15-33-23-27-26-19(30(23)13-5-2)16-11-9-8-10-12-16/h5,8-12H,2,4,6-7,13-15H2,1,3H3,(H,25,31,32). The topological polar surface area (TPSA) is 103 Å². The van der Waals surface area contributed by atoms with E-state index in [0.717, 1.165) is 29.4 Å². The van der Waals surface area contributed by atoms with E-state index in [4.69, 9.17) is 4.98 Å². The van der Waals surface area contributed by atoms with Crippen LogP contribution in [-0.4, -0.2) is 33.9 Å². The molecule has 1 N–H and O–H groups in total. The zero-order valence-corrected chi connectivity index (χ0v) is 19.6. The van der Waals surface area contributed by atoms with E-state index >= 15 is 0 Å². The predicted molar refractivity (Wildman–Crippen MR) is 130 cm³/mol. The monoisotopic (exact) mass is 465 g/mol. The van der Waals surface area contributed by atoms with Gasteiger partial charge in [-0.05, 0) is 13.3 Å². The molecule has 0 aliphatic carbocycles. The summed E-state index contributed by atoms with van der Waals surface area (Å²) in [5.74, 6) is 1.97. The fraction of sp³-hybridized carbons (Fsp3) is 0.348. The summed E-state index contributed by atoms with van der Waals surface area (Å²) in [6.45, 7) is 9.54. The first-order chi connectivity index (χ1) is 16.1. The van der Waals surface area contributed by atoms with Gasteiger partial charge in [-0.25, -0.2) is 9.78 Å². The van der Waals surface area contributed by atoms with E-state index in [1.165, 1.54) is 11.8 Å². The molecule has 0 radical (unpaired) electrons. The third-order valence-corrected chi connectivity index (χ3v) is 6.37. The van der Waals surface area contributed by atoms with Crippen molar-refractivity contribution in [1.29, 1.82) is 0 Å². The number of aryl methyl sites for hydroxylation is 2. The molecule has 3 aromatic heterocycles. The van der Waals surface area contributed by atoms with Crippen molar-refractivity contribution in [2.45, 2.75) is 57.2 Å². The van der Waals surface area contributed by atoms with E-state index in [9.17, 15) is 9.59 Å². The Hall–Kier alpha value is -3.40. The molecule has 0 atom stereocenters. The molecule has 4 rings (SSSR count). The van der Waals surface area contributed by atoms with Crippen LogP contribution < -0.4 is 11.2 Å². The van der Waals surface area contributed by atoms with Crippen molar-refractivity contribution in [2.75, 3.05) is 0 Å². The van der Waals surface area contributed by atoms with Gasteiger partial charge in [0.15, 0.2) is 22.1 Å². The Morgan fingerprint density at radius 2 is 1.88 bits per heavy atom. The van der Waals surface area contributed by atoms with Crippen LogP contribution in [0.25, 0.3) is 22.6 Å². The number of hydrogen-bond donors (Lipinski definition) is 1. The quantitative estimate of drug-likeness (QED) is 0.284. The van der Waals surface area contributed by atoms with Crippen LogP contribution in [-0.2, 0) is 25.4 Å². The fourth-order valence-corrected chi connectivity index (χ4v) is 4.71. The first-order valence-corrected chi connectivity index (χ1v) is 12.0. The van der Waals surface area contributed by atoms with Gasteiger partial charge in [0.2, 0.25) is 0 Å². The SMILES string of the molecule is C=CCn1c(SCc2nc3c(c(=O)[nH]c(=O)n3CCCC)n2CC)nnc1-c1ccccc1. The molecule has 0 fully saturated rings. The number of nitrogens with one attached hydrogen (secondary N) is 1. The number of nitrogens with zero attached hydrogens (tertiary/aromatic N) is 6. The third-order valence-electron chi connectivity index (χ3n) is 5.41. The molecule has 0 saturated heterocycles. The van der Waals surface area contributed by atoms with Gasteiger partial charge in [0.25, 0.3) is 5.56 Å². The molecule has 33 heavy (non-hydrogen) atoms. The van der Waals surface area contributed by atoms with E-state index in [-0.39, 0.29) is 0 Å². The first kappa shape index (κ1) is 22.8. The summed E-state index contributed by atoms with van der Waals surface area (Å²) in [5, 5.41) is 9.52. The highest BCUT2D eigenvalue weighted by atomic mass is 32.2. The minimum atomic E-state index is -0.417. The van der Waals surface area contributed by atoms with Gasteiger partial charge >= 0.3 is 5.69 Å². The van der Waals surface area contributed by atoms with Crippen molar-refractivity contribution in [3.8, 4) is 11.4 Å². The van der Waals surface area contributed by atoms with Crippen LogP contribution >= 0.6 is 11.8 Å². The van der Waals surface area contributed by atoms with Crippen LogP contribution in [0.15, 0.2) is 57.7 Å². The molecular weight excluding hydrogens is 438 g/mol. The minimum Gasteiger partial charge on any atom is -0.322 e. The van der Waals surface area contributed by atoms with Gasteiger partial charge in [0.1, 0.15) is 5.82 Å². The molecule has 0 aliphatic rings. The first-order valence-electron chi connectivity index (χ1n) is 11.0. The Morgan fingerprint density at radius 3 is 2.58 bits per heavy atom. The summed E-state index contributed by atoms with van der Waals surface area (Å²) in [5.41, 5.74) is 1.02. The molecule has 10 heteroatoms. The average molecular weight is 466 g/mol. The van der Waals surface area contributed by atoms with Gasteiger partial charge < -0.3 is 4.57 Å². The molecular formula is C23H27N7O2S. The lowest BCUT2D eigenvalue weighted by Gasteiger charge is -2.08. The van der Waals surface area contributed by atoms with Crippen LogP contribution in [0, 0.1) is 0 Å². The molecule has 0 bridgehead atoms. The van der Waals surface area contributed by atoms with Crippen molar-refractivity contribution in [3.63, 3.8) is 0 Å². The molecule has 0 unspecified atom stereocenters. The molecule has 0 amide bonds. The number of allylic oxidation sites excluding steroid dienone is 1. The lowest BCUT2D eigenvalue weighted by molar-refractivity contribution is 0.613. The number of rotatable bonds is 10. The smallest absolute Gasteiger partial charge is 0.322 e. The molecule has 4 aromatic rings. The average Bonchev–Trinajstić information content (AvgIpc) is 3.39. The number of thioether (sulfide) groups is 1. The van der Waals surface area contributed by atoms with Gasteiger partial charge in [-0.1, -0.05) is 61.5 Å². The van der Waals surface area contributed by atoms with Crippen molar-refractivity contribution < 1.29 is 0 Å². The number of benzene rings is 1. The van der Waals surface area contributed by atoms with Crippen LogP contribution in [0.4, 0.5) is 0 Å². The summed E-state index contributed by atoms with van der Waals surface area (Å²) in [7, 11) is 0. The highest BCUT2D eigenvalue weighted by molar-refractivity contribution is 7.98. The largest absolute Gasteiger partial charge is 0.330 e. The Kier molecular flexibility index (Phi) is 6.93. The summed E-state index contributed by atoms with van der Waals surface area (Å²) in [4.78, 5) is 32.2. The maximum Gasteiger partial charge on any atom is 0.330 e. The summed E-state index contributed by atoms with van der Waals surface area (Å²) in [6.07, 6.45) is 3.58. The number of aromatic amines is 1. The lowest BCUT2D eigenvalue weighted by Crippen LogP contribution is -2.31. The van der Waals surface area contributed by atoms with Crippen LogP contribution in [0.5, 0.6) is 0 Å².